The summed E-state index contributed by atoms with van der Waals surface area (Å²) in [6, 6.07) is 0. The van der Waals surface area contributed by atoms with E-state index < -0.39 is 67.3 Å². The van der Waals surface area contributed by atoms with Gasteiger partial charge >= 0.3 is 23.9 Å². The summed E-state index contributed by atoms with van der Waals surface area (Å²) >= 11 is 0. The molecule has 0 spiro atoms. The molecule has 0 bridgehead atoms. The highest BCUT2D eigenvalue weighted by atomic mass is 16.7. The second kappa shape index (κ2) is 54.2. The summed E-state index contributed by atoms with van der Waals surface area (Å²) in [7, 11) is 0. The van der Waals surface area contributed by atoms with Crippen molar-refractivity contribution in [3.63, 3.8) is 0 Å². The lowest BCUT2D eigenvalue weighted by atomic mass is 9.98. The second-order valence-corrected chi connectivity index (χ2v) is 20.9. The lowest BCUT2D eigenvalue weighted by molar-refractivity contribution is -0.301. The van der Waals surface area contributed by atoms with Crippen molar-refractivity contribution in [2.45, 2.75) is 289 Å². The monoisotopic (exact) mass is 1110 g/mol. The third-order valence-corrected chi connectivity index (χ3v) is 13.6. The van der Waals surface area contributed by atoms with Gasteiger partial charge in [0.25, 0.3) is 0 Å². The molecule has 0 aliphatic carbocycles. The van der Waals surface area contributed by atoms with Crippen LogP contribution in [-0.2, 0) is 42.9 Å². The zero-order chi connectivity index (χ0) is 57.5. The summed E-state index contributed by atoms with van der Waals surface area (Å²) in [5.41, 5.74) is 0. The molecule has 1 aliphatic rings. The summed E-state index contributed by atoms with van der Waals surface area (Å²) in [4.78, 5) is 51.2. The number of unbranched alkanes of at least 4 members (excludes halogenated alkanes) is 22. The van der Waals surface area contributed by atoms with Crippen LogP contribution in [-0.4, -0.2) is 89.2 Å². The Morgan fingerprint density at radius 3 is 1.23 bits per heavy atom. The van der Waals surface area contributed by atoms with E-state index in [0.717, 1.165) is 154 Å². The number of aliphatic hydroxyl groups is 2. The van der Waals surface area contributed by atoms with E-state index in [4.69, 9.17) is 23.7 Å². The first-order valence-corrected chi connectivity index (χ1v) is 31.2. The maximum Gasteiger partial charge on any atom is 0.335 e. The molecule has 79 heavy (non-hydrogen) atoms. The Morgan fingerprint density at radius 2 is 0.797 bits per heavy atom. The first-order chi connectivity index (χ1) is 38.6. The Balaban J connectivity index is 2.70. The molecule has 0 radical (unpaired) electrons. The van der Waals surface area contributed by atoms with Gasteiger partial charge in [0, 0.05) is 19.3 Å². The third-order valence-electron chi connectivity index (χ3n) is 13.6. The maximum absolute atomic E-state index is 13.2. The van der Waals surface area contributed by atoms with Gasteiger partial charge in [-0.25, -0.2) is 4.79 Å². The molecule has 0 aromatic heterocycles. The van der Waals surface area contributed by atoms with Crippen LogP contribution in [0.3, 0.4) is 0 Å². The number of hydrogen-bond acceptors (Lipinski definition) is 11. The molecule has 6 atom stereocenters. The van der Waals surface area contributed by atoms with E-state index in [1.165, 1.54) is 38.5 Å². The number of esters is 3. The molecular weight excluding hydrogens is 997 g/mol. The Labute approximate surface area is 479 Å². The number of ether oxygens (including phenoxy) is 5. The van der Waals surface area contributed by atoms with Crippen LogP contribution in [0.25, 0.3) is 0 Å². The van der Waals surface area contributed by atoms with Crippen molar-refractivity contribution in [2.24, 2.45) is 0 Å². The summed E-state index contributed by atoms with van der Waals surface area (Å²) < 4.78 is 28.5. The van der Waals surface area contributed by atoms with Crippen LogP contribution in [0.2, 0.25) is 0 Å². The third kappa shape index (κ3) is 44.0. The highest BCUT2D eigenvalue weighted by Gasteiger charge is 2.50. The van der Waals surface area contributed by atoms with Crippen molar-refractivity contribution in [3.05, 3.63) is 97.2 Å². The number of rotatable bonds is 52. The van der Waals surface area contributed by atoms with Gasteiger partial charge in [-0.2, -0.15) is 0 Å². The van der Waals surface area contributed by atoms with Gasteiger partial charge in [-0.15, -0.1) is 0 Å². The van der Waals surface area contributed by atoms with Crippen LogP contribution in [0.5, 0.6) is 0 Å². The number of carboxylic acid groups (broad SMARTS) is 1. The molecule has 1 heterocycles. The molecule has 1 saturated heterocycles. The molecule has 0 aromatic carbocycles. The van der Waals surface area contributed by atoms with E-state index >= 15 is 0 Å². The van der Waals surface area contributed by atoms with Crippen LogP contribution in [0.15, 0.2) is 97.2 Å². The smallest absolute Gasteiger partial charge is 0.335 e. The topological polar surface area (TPSA) is 175 Å². The Morgan fingerprint density at radius 1 is 0.430 bits per heavy atom. The molecule has 1 rings (SSSR count). The second-order valence-electron chi connectivity index (χ2n) is 20.9. The number of carbonyl (C=O) groups excluding carboxylic acids is 3. The summed E-state index contributed by atoms with van der Waals surface area (Å²) in [6.45, 7) is 5.74. The molecule has 1 aliphatic heterocycles. The highest BCUT2D eigenvalue weighted by molar-refractivity contribution is 5.74. The number of hydrogen-bond donors (Lipinski definition) is 3. The summed E-state index contributed by atoms with van der Waals surface area (Å²) in [5, 5.41) is 31.5. The van der Waals surface area contributed by atoms with Crippen molar-refractivity contribution in [2.75, 3.05) is 13.2 Å². The van der Waals surface area contributed by atoms with Gasteiger partial charge in [-0.1, -0.05) is 214 Å². The number of aliphatic carboxylic acids is 1. The minimum atomic E-state index is -1.91. The first kappa shape index (κ1) is 72.7. The quantitative estimate of drug-likeness (QED) is 0.0228. The fraction of sp³-hybridized carbons (Fsp3) is 0.701. The van der Waals surface area contributed by atoms with E-state index in [9.17, 15) is 34.5 Å². The van der Waals surface area contributed by atoms with Crippen LogP contribution < -0.4 is 0 Å². The molecule has 6 unspecified atom stereocenters. The predicted molar refractivity (Wildman–Crippen MR) is 321 cm³/mol. The Hall–Kier alpha value is -4.36. The number of carboxylic acids is 1. The van der Waals surface area contributed by atoms with Gasteiger partial charge in [-0.05, 0) is 116 Å². The van der Waals surface area contributed by atoms with Crippen molar-refractivity contribution in [3.8, 4) is 0 Å². The number of allylic oxidation sites excluding steroid dienone is 16. The first-order valence-electron chi connectivity index (χ1n) is 31.2. The normalized spacial score (nSPS) is 18.5. The van der Waals surface area contributed by atoms with Crippen LogP contribution in [0, 0.1) is 0 Å². The maximum atomic E-state index is 13.2. The zero-order valence-corrected chi connectivity index (χ0v) is 49.6. The molecule has 0 saturated carbocycles. The standard InChI is InChI=1S/C67H110O12/c1-4-7-10-13-16-19-22-25-28-29-30-31-34-35-38-41-44-47-50-53-59(68)75-56-58(77-60(69)54-51-48-45-42-39-36-32-26-23-20-17-14-11-8-5-2)57-76-67-65(63(72)62(71)64(79-67)66(73)74)78-61(70)55-52-49-46-43-40-37-33-27-24-21-18-15-12-9-6-3/h7-8,10-11,16-17,19-20,25-28,30-33,58,62-65,67,71-72H,4-6,9,12-15,18,21-24,29,34-57H2,1-3H3,(H,73,74)/b10-7-,11-8-,19-16-,20-17-,28-25-,31-30-,32-26-,33-27-. The van der Waals surface area contributed by atoms with E-state index in [1.54, 1.807) is 0 Å². The molecule has 450 valence electrons. The molecule has 12 nitrogen and oxygen atoms in total. The Bertz CT molecular complexity index is 1740. The predicted octanol–water partition coefficient (Wildman–Crippen LogP) is 16.5. The summed E-state index contributed by atoms with van der Waals surface area (Å²) in [5.74, 6) is -3.17. The minimum Gasteiger partial charge on any atom is -0.479 e. The van der Waals surface area contributed by atoms with E-state index in [1.807, 2.05) is 0 Å². The van der Waals surface area contributed by atoms with Gasteiger partial charge in [0.2, 0.25) is 0 Å². The fourth-order valence-electron chi connectivity index (χ4n) is 8.90. The Kier molecular flexibility index (Phi) is 49.9. The lowest BCUT2D eigenvalue weighted by Gasteiger charge is -2.40. The number of carbonyl (C=O) groups is 4. The average Bonchev–Trinajstić information content (AvgIpc) is 3.46. The van der Waals surface area contributed by atoms with E-state index in [0.29, 0.717) is 19.3 Å². The van der Waals surface area contributed by atoms with Crippen LogP contribution in [0.1, 0.15) is 252 Å². The fourth-order valence-corrected chi connectivity index (χ4v) is 8.90. The average molecular weight is 1110 g/mol. The molecule has 1 fully saturated rings. The van der Waals surface area contributed by atoms with Crippen LogP contribution >= 0.6 is 0 Å². The van der Waals surface area contributed by atoms with Gasteiger partial charge in [0.05, 0.1) is 6.61 Å². The largest absolute Gasteiger partial charge is 0.479 e. The highest BCUT2D eigenvalue weighted by Crippen LogP contribution is 2.26. The SMILES string of the molecule is CC/C=C\C/C=C\C/C=C\C/C=C\CCCCCCCCC(=O)OCC(COC1OC(C(=O)O)C(O)C(O)C1OC(=O)CCCCCCC/C=C\CCCCCCCC)OC(=O)CCCCCCC/C=C\C/C=C\C/C=C\CC. The van der Waals surface area contributed by atoms with Crippen molar-refractivity contribution < 1.29 is 58.2 Å². The van der Waals surface area contributed by atoms with Crippen molar-refractivity contribution in [1.82, 2.24) is 0 Å². The lowest BCUT2D eigenvalue weighted by Crippen LogP contribution is -2.61. The zero-order valence-electron chi connectivity index (χ0n) is 49.6. The molecule has 12 heteroatoms. The molecule has 0 aromatic rings. The molecule has 3 N–H and O–H groups in total. The van der Waals surface area contributed by atoms with Gasteiger partial charge < -0.3 is 39.0 Å². The molecule has 0 amide bonds. The van der Waals surface area contributed by atoms with Crippen LogP contribution in [0.4, 0.5) is 0 Å². The van der Waals surface area contributed by atoms with Gasteiger partial charge in [0.1, 0.15) is 18.8 Å². The van der Waals surface area contributed by atoms with Gasteiger partial charge in [-0.3, -0.25) is 14.4 Å². The van der Waals surface area contributed by atoms with E-state index in [2.05, 4.69) is 118 Å². The van der Waals surface area contributed by atoms with Crippen molar-refractivity contribution >= 4 is 23.9 Å². The summed E-state index contributed by atoms with van der Waals surface area (Å²) in [6.07, 6.45) is 59.4. The minimum absolute atomic E-state index is 0.0436. The van der Waals surface area contributed by atoms with Gasteiger partial charge in [0.15, 0.2) is 24.6 Å². The molecular formula is C67H110O12. The van der Waals surface area contributed by atoms with Crippen molar-refractivity contribution in [1.29, 1.82) is 0 Å². The number of aliphatic hydroxyl groups excluding tert-OH is 2. The van der Waals surface area contributed by atoms with E-state index in [-0.39, 0.29) is 25.9 Å².